The van der Waals surface area contributed by atoms with Crippen LogP contribution < -0.4 is 15.4 Å². The maximum atomic E-state index is 12.5. The SMILES string of the molecule is C/C=C\COC(=O)C1=C(C)NC(=O)N[C@H]1c1ccccc1OCC. The van der Waals surface area contributed by atoms with Gasteiger partial charge in [-0.2, -0.15) is 0 Å². The van der Waals surface area contributed by atoms with Gasteiger partial charge in [0.25, 0.3) is 0 Å². The zero-order valence-corrected chi connectivity index (χ0v) is 14.1. The van der Waals surface area contributed by atoms with Crippen LogP contribution in [-0.2, 0) is 9.53 Å². The molecular weight excluding hydrogens is 308 g/mol. The highest BCUT2D eigenvalue weighted by Crippen LogP contribution is 2.33. The molecule has 1 aromatic rings. The number of carbonyl (C=O) groups is 2. The van der Waals surface area contributed by atoms with Gasteiger partial charge in [0, 0.05) is 11.3 Å². The Kier molecular flexibility index (Phi) is 6.01. The van der Waals surface area contributed by atoms with E-state index in [1.165, 1.54) is 0 Å². The third-order valence-corrected chi connectivity index (χ3v) is 3.57. The van der Waals surface area contributed by atoms with Crippen molar-refractivity contribution in [3.63, 3.8) is 0 Å². The first-order valence-electron chi connectivity index (χ1n) is 7.86. The van der Waals surface area contributed by atoms with Crippen LogP contribution in [0.3, 0.4) is 0 Å². The van der Waals surface area contributed by atoms with Gasteiger partial charge in [0.15, 0.2) is 0 Å². The number of amides is 2. The van der Waals surface area contributed by atoms with E-state index in [-0.39, 0.29) is 12.6 Å². The molecule has 2 N–H and O–H groups in total. The lowest BCUT2D eigenvalue weighted by Gasteiger charge is -2.29. The fourth-order valence-electron chi connectivity index (χ4n) is 2.50. The van der Waals surface area contributed by atoms with Crippen LogP contribution in [0.4, 0.5) is 4.79 Å². The number of carbonyl (C=O) groups excluding carboxylic acids is 2. The zero-order valence-electron chi connectivity index (χ0n) is 14.1. The molecule has 128 valence electrons. The van der Waals surface area contributed by atoms with Gasteiger partial charge in [-0.1, -0.05) is 30.4 Å². The predicted molar refractivity (Wildman–Crippen MR) is 90.5 cm³/mol. The van der Waals surface area contributed by atoms with Gasteiger partial charge >= 0.3 is 12.0 Å². The summed E-state index contributed by atoms with van der Waals surface area (Å²) >= 11 is 0. The Labute approximate surface area is 141 Å². The van der Waals surface area contributed by atoms with Crippen LogP contribution in [0.2, 0.25) is 0 Å². The molecule has 2 amide bonds. The van der Waals surface area contributed by atoms with E-state index in [0.717, 1.165) is 0 Å². The van der Waals surface area contributed by atoms with Crippen molar-refractivity contribution in [3.05, 3.63) is 53.3 Å². The first-order valence-corrected chi connectivity index (χ1v) is 7.86. The molecule has 2 rings (SSSR count). The molecule has 0 saturated carbocycles. The second kappa shape index (κ2) is 8.19. The molecule has 1 heterocycles. The molecule has 0 saturated heterocycles. The lowest BCUT2D eigenvalue weighted by atomic mass is 9.95. The van der Waals surface area contributed by atoms with Crippen molar-refractivity contribution in [1.82, 2.24) is 10.6 Å². The number of allylic oxidation sites excluding steroid dienone is 2. The summed E-state index contributed by atoms with van der Waals surface area (Å²) in [5.74, 6) is 0.146. The summed E-state index contributed by atoms with van der Waals surface area (Å²) in [5, 5.41) is 5.40. The second-order valence-electron chi connectivity index (χ2n) is 5.21. The summed E-state index contributed by atoms with van der Waals surface area (Å²) < 4.78 is 10.9. The number of para-hydroxylation sites is 1. The van der Waals surface area contributed by atoms with Crippen molar-refractivity contribution >= 4 is 12.0 Å². The van der Waals surface area contributed by atoms with Gasteiger partial charge in [-0.05, 0) is 26.8 Å². The quantitative estimate of drug-likeness (QED) is 0.621. The van der Waals surface area contributed by atoms with E-state index in [9.17, 15) is 9.59 Å². The average molecular weight is 330 g/mol. The number of esters is 1. The molecule has 1 atom stereocenters. The summed E-state index contributed by atoms with van der Waals surface area (Å²) in [5.41, 5.74) is 1.55. The highest BCUT2D eigenvalue weighted by Gasteiger charge is 2.33. The number of nitrogens with one attached hydrogen (secondary N) is 2. The van der Waals surface area contributed by atoms with Crippen molar-refractivity contribution in [1.29, 1.82) is 0 Å². The number of hydrogen-bond acceptors (Lipinski definition) is 4. The molecule has 0 bridgehead atoms. The van der Waals surface area contributed by atoms with E-state index in [1.807, 2.05) is 38.1 Å². The second-order valence-corrected chi connectivity index (χ2v) is 5.21. The van der Waals surface area contributed by atoms with Crippen LogP contribution in [0.15, 0.2) is 47.7 Å². The number of ether oxygens (including phenoxy) is 2. The van der Waals surface area contributed by atoms with Crippen molar-refractivity contribution < 1.29 is 19.1 Å². The number of hydrogen-bond donors (Lipinski definition) is 2. The molecule has 0 aliphatic carbocycles. The highest BCUT2D eigenvalue weighted by atomic mass is 16.5. The minimum Gasteiger partial charge on any atom is -0.494 e. The minimum atomic E-state index is -0.625. The predicted octanol–water partition coefficient (Wildman–Crippen LogP) is 2.83. The topological polar surface area (TPSA) is 76.7 Å². The van der Waals surface area contributed by atoms with Gasteiger partial charge in [0.1, 0.15) is 12.4 Å². The van der Waals surface area contributed by atoms with Crippen molar-refractivity contribution in [2.45, 2.75) is 26.8 Å². The Morgan fingerprint density at radius 1 is 1.33 bits per heavy atom. The van der Waals surface area contributed by atoms with E-state index in [0.29, 0.717) is 29.2 Å². The summed E-state index contributed by atoms with van der Waals surface area (Å²) in [4.78, 5) is 24.4. The van der Waals surface area contributed by atoms with Crippen molar-refractivity contribution in [2.24, 2.45) is 0 Å². The van der Waals surface area contributed by atoms with Crippen LogP contribution in [0.1, 0.15) is 32.4 Å². The van der Waals surface area contributed by atoms with E-state index >= 15 is 0 Å². The summed E-state index contributed by atoms with van der Waals surface area (Å²) in [6.45, 7) is 6.08. The maximum absolute atomic E-state index is 12.5. The molecule has 1 aliphatic rings. The molecule has 0 radical (unpaired) electrons. The number of rotatable bonds is 6. The highest BCUT2D eigenvalue weighted by molar-refractivity contribution is 5.95. The van der Waals surface area contributed by atoms with E-state index in [1.54, 1.807) is 19.1 Å². The Morgan fingerprint density at radius 3 is 2.79 bits per heavy atom. The molecule has 0 unspecified atom stereocenters. The van der Waals surface area contributed by atoms with Crippen LogP contribution in [-0.4, -0.2) is 25.2 Å². The van der Waals surface area contributed by atoms with Crippen molar-refractivity contribution in [2.75, 3.05) is 13.2 Å². The summed E-state index contributed by atoms with van der Waals surface area (Å²) in [7, 11) is 0. The third-order valence-electron chi connectivity index (χ3n) is 3.57. The molecular formula is C18H22N2O4. The Hall–Kier alpha value is -2.76. The third kappa shape index (κ3) is 3.95. The summed E-state index contributed by atoms with van der Waals surface area (Å²) in [6, 6.07) is 6.33. The maximum Gasteiger partial charge on any atom is 0.338 e. The monoisotopic (exact) mass is 330 g/mol. The first-order chi connectivity index (χ1) is 11.6. The van der Waals surface area contributed by atoms with Gasteiger partial charge in [0.05, 0.1) is 18.2 Å². The molecule has 24 heavy (non-hydrogen) atoms. The number of benzene rings is 1. The van der Waals surface area contributed by atoms with Crippen LogP contribution in [0.25, 0.3) is 0 Å². The minimum absolute atomic E-state index is 0.180. The molecule has 0 aromatic heterocycles. The smallest absolute Gasteiger partial charge is 0.338 e. The number of urea groups is 1. The zero-order chi connectivity index (χ0) is 17.5. The van der Waals surface area contributed by atoms with Crippen LogP contribution >= 0.6 is 0 Å². The van der Waals surface area contributed by atoms with Crippen LogP contribution in [0, 0.1) is 0 Å². The lowest BCUT2D eigenvalue weighted by molar-refractivity contribution is -0.138. The fourth-order valence-corrected chi connectivity index (χ4v) is 2.50. The normalized spacial score (nSPS) is 17.5. The Balaban J connectivity index is 2.40. The molecule has 1 aromatic carbocycles. The van der Waals surface area contributed by atoms with Gasteiger partial charge in [-0.25, -0.2) is 9.59 Å². The van der Waals surface area contributed by atoms with Crippen molar-refractivity contribution in [3.8, 4) is 5.75 Å². The van der Waals surface area contributed by atoms with E-state index < -0.39 is 12.0 Å². The standard InChI is InChI=1S/C18H22N2O4/c1-4-6-11-24-17(21)15-12(3)19-18(22)20-16(15)13-9-7-8-10-14(13)23-5-2/h4,6-10,16H,5,11H2,1-3H3,(H2,19,20,22)/b6-4-/t16-/m0/s1. The molecule has 0 spiro atoms. The van der Waals surface area contributed by atoms with Gasteiger partial charge in [-0.15, -0.1) is 0 Å². The molecule has 6 heteroatoms. The Bertz CT molecular complexity index is 679. The van der Waals surface area contributed by atoms with Gasteiger partial charge in [-0.3, -0.25) is 0 Å². The van der Waals surface area contributed by atoms with Gasteiger partial charge < -0.3 is 20.1 Å². The molecule has 6 nitrogen and oxygen atoms in total. The fraction of sp³-hybridized carbons (Fsp3) is 0.333. The van der Waals surface area contributed by atoms with Crippen LogP contribution in [0.5, 0.6) is 5.75 Å². The first kappa shape index (κ1) is 17.6. The largest absolute Gasteiger partial charge is 0.494 e. The Morgan fingerprint density at radius 2 is 2.08 bits per heavy atom. The van der Waals surface area contributed by atoms with Gasteiger partial charge in [0.2, 0.25) is 0 Å². The lowest BCUT2D eigenvalue weighted by Crippen LogP contribution is -2.45. The molecule has 1 aliphatic heterocycles. The van der Waals surface area contributed by atoms with E-state index in [2.05, 4.69) is 10.6 Å². The summed E-state index contributed by atoms with van der Waals surface area (Å²) in [6.07, 6.45) is 3.54. The average Bonchev–Trinajstić information content (AvgIpc) is 2.55. The van der Waals surface area contributed by atoms with E-state index in [4.69, 9.17) is 9.47 Å². The molecule has 0 fully saturated rings.